The first kappa shape index (κ1) is 19.9. The molecular formula is C23H29N3O2. The highest BCUT2D eigenvalue weighted by atomic mass is 16.2. The van der Waals surface area contributed by atoms with E-state index in [1.54, 1.807) is 32.0 Å². The highest BCUT2D eigenvalue weighted by Crippen LogP contribution is 2.33. The number of pyridine rings is 1. The Hall–Kier alpha value is -2.82. The van der Waals surface area contributed by atoms with Gasteiger partial charge < -0.3 is 14.5 Å². The number of likely N-dealkylation sites (N-methyl/N-ethyl adjacent to an activating group) is 1. The van der Waals surface area contributed by atoms with Crippen molar-refractivity contribution in [2.24, 2.45) is 5.92 Å². The van der Waals surface area contributed by atoms with Crippen molar-refractivity contribution in [3.05, 3.63) is 64.3 Å². The third-order valence-corrected chi connectivity index (χ3v) is 5.21. The van der Waals surface area contributed by atoms with E-state index >= 15 is 0 Å². The highest BCUT2D eigenvalue weighted by molar-refractivity contribution is 5.95. The molecule has 28 heavy (non-hydrogen) atoms. The average Bonchev–Trinajstić information content (AvgIpc) is 3.39. The van der Waals surface area contributed by atoms with E-state index in [-0.39, 0.29) is 11.5 Å². The van der Waals surface area contributed by atoms with Gasteiger partial charge in [0.1, 0.15) is 5.52 Å². The van der Waals surface area contributed by atoms with Gasteiger partial charge in [0, 0.05) is 49.1 Å². The number of H-pyrrole nitrogens is 1. The molecule has 2 aromatic heterocycles. The van der Waals surface area contributed by atoms with E-state index in [0.29, 0.717) is 11.1 Å². The maximum absolute atomic E-state index is 12.8. The molecule has 0 aliphatic heterocycles. The fourth-order valence-electron chi connectivity index (χ4n) is 3.37. The first-order valence-electron chi connectivity index (χ1n) is 9.76. The van der Waals surface area contributed by atoms with Crippen LogP contribution >= 0.6 is 0 Å². The molecule has 2 aromatic rings. The van der Waals surface area contributed by atoms with Gasteiger partial charge in [-0.15, -0.1) is 0 Å². The summed E-state index contributed by atoms with van der Waals surface area (Å²) in [7, 11) is 3.47. The minimum Gasteiger partial charge on any atom is -0.354 e. The third kappa shape index (κ3) is 4.35. The predicted octanol–water partition coefficient (Wildman–Crippen LogP) is 4.04. The SMILES string of the molecule is C=C(/C=C\C=C(/C)C(=O)N(C)C)c1cn(CCC2CC2)c(=O)c2[nH]c(C)cc12. The molecule has 1 N–H and O–H groups in total. The van der Waals surface area contributed by atoms with Gasteiger partial charge in [-0.05, 0) is 37.8 Å². The number of carbonyl (C=O) groups excluding carboxylic acids is 1. The van der Waals surface area contributed by atoms with Crippen molar-refractivity contribution in [2.45, 2.75) is 39.7 Å². The number of allylic oxidation sites excluding steroid dienone is 4. The lowest BCUT2D eigenvalue weighted by atomic mass is 10.0. The molecule has 1 saturated carbocycles. The molecule has 5 heteroatoms. The van der Waals surface area contributed by atoms with Crippen LogP contribution in [0.3, 0.4) is 0 Å². The van der Waals surface area contributed by atoms with Gasteiger partial charge in [-0.25, -0.2) is 0 Å². The zero-order valence-corrected chi connectivity index (χ0v) is 17.2. The maximum Gasteiger partial charge on any atom is 0.274 e. The van der Waals surface area contributed by atoms with Gasteiger partial charge in [0.15, 0.2) is 0 Å². The smallest absolute Gasteiger partial charge is 0.274 e. The molecule has 1 aliphatic carbocycles. The predicted molar refractivity (Wildman–Crippen MR) is 115 cm³/mol. The van der Waals surface area contributed by atoms with Crippen molar-refractivity contribution < 1.29 is 4.79 Å². The molecule has 148 valence electrons. The Balaban J connectivity index is 1.92. The lowest BCUT2D eigenvalue weighted by Gasteiger charge is -2.11. The summed E-state index contributed by atoms with van der Waals surface area (Å²) in [6.45, 7) is 8.68. The Labute approximate surface area is 166 Å². The molecule has 0 atom stereocenters. The molecule has 0 aromatic carbocycles. The van der Waals surface area contributed by atoms with Crippen LogP contribution in [0.2, 0.25) is 0 Å². The second-order valence-corrected chi connectivity index (χ2v) is 7.95. The number of hydrogen-bond acceptors (Lipinski definition) is 2. The van der Waals surface area contributed by atoms with Gasteiger partial charge in [-0.3, -0.25) is 9.59 Å². The number of nitrogens with zero attached hydrogens (tertiary/aromatic N) is 2. The third-order valence-electron chi connectivity index (χ3n) is 5.21. The molecule has 1 fully saturated rings. The Morgan fingerprint density at radius 1 is 1.39 bits per heavy atom. The van der Waals surface area contributed by atoms with Crippen LogP contribution < -0.4 is 5.56 Å². The van der Waals surface area contributed by atoms with Gasteiger partial charge in [-0.1, -0.05) is 37.6 Å². The highest BCUT2D eigenvalue weighted by Gasteiger charge is 2.21. The molecular weight excluding hydrogens is 350 g/mol. The molecule has 0 unspecified atom stereocenters. The summed E-state index contributed by atoms with van der Waals surface area (Å²) in [6.07, 6.45) is 11.0. The van der Waals surface area contributed by atoms with E-state index < -0.39 is 0 Å². The molecule has 5 nitrogen and oxygen atoms in total. The van der Waals surface area contributed by atoms with Gasteiger partial charge in [-0.2, -0.15) is 0 Å². The van der Waals surface area contributed by atoms with Gasteiger partial charge in [0.05, 0.1) is 0 Å². The Morgan fingerprint density at radius 3 is 2.75 bits per heavy atom. The summed E-state index contributed by atoms with van der Waals surface area (Å²) in [4.78, 5) is 29.5. The standard InChI is InChI=1S/C23H29N3O2/c1-15(7-6-8-16(2)22(27)25(4)5)20-14-26(12-11-18-9-10-18)23(28)21-19(20)13-17(3)24-21/h6-8,13-14,18,24H,1,9-12H2,2-5H3/b7-6-,16-8+. The number of hydrogen-bond donors (Lipinski definition) is 1. The molecule has 0 saturated heterocycles. The number of nitrogens with one attached hydrogen (secondary N) is 1. The molecule has 1 amide bonds. The summed E-state index contributed by atoms with van der Waals surface area (Å²) in [6, 6.07) is 1.99. The number of aromatic nitrogens is 2. The van der Waals surface area contributed by atoms with Crippen LogP contribution in [0.1, 0.15) is 37.4 Å². The van der Waals surface area contributed by atoms with Crippen LogP contribution in [0, 0.1) is 12.8 Å². The van der Waals surface area contributed by atoms with Crippen LogP contribution in [0.4, 0.5) is 0 Å². The first-order chi connectivity index (χ1) is 13.3. The lowest BCUT2D eigenvalue weighted by Crippen LogP contribution is -2.22. The van der Waals surface area contributed by atoms with Crippen LogP contribution in [0.25, 0.3) is 16.5 Å². The number of aromatic amines is 1. The van der Waals surface area contributed by atoms with Crippen LogP contribution in [-0.4, -0.2) is 34.5 Å². The van der Waals surface area contributed by atoms with E-state index in [2.05, 4.69) is 11.6 Å². The van der Waals surface area contributed by atoms with E-state index in [9.17, 15) is 9.59 Å². The summed E-state index contributed by atoms with van der Waals surface area (Å²) < 4.78 is 1.81. The van der Waals surface area contributed by atoms with E-state index in [1.807, 2.05) is 35.9 Å². The number of fused-ring (bicyclic) bond motifs is 1. The number of rotatable bonds is 7. The van der Waals surface area contributed by atoms with Crippen LogP contribution in [0.15, 0.2) is 47.4 Å². The van der Waals surface area contributed by atoms with E-state index in [4.69, 9.17) is 0 Å². The van der Waals surface area contributed by atoms with Crippen molar-refractivity contribution in [3.8, 4) is 0 Å². The van der Waals surface area contributed by atoms with E-state index in [1.165, 1.54) is 12.8 Å². The molecule has 1 aliphatic rings. The molecule has 0 radical (unpaired) electrons. The largest absolute Gasteiger partial charge is 0.354 e. The van der Waals surface area contributed by atoms with Crippen molar-refractivity contribution in [1.82, 2.24) is 14.5 Å². The van der Waals surface area contributed by atoms with Gasteiger partial charge in [0.2, 0.25) is 5.91 Å². The number of carbonyl (C=O) groups is 1. The molecule has 2 heterocycles. The van der Waals surface area contributed by atoms with Crippen LogP contribution in [0.5, 0.6) is 0 Å². The number of amides is 1. The van der Waals surface area contributed by atoms with E-state index in [0.717, 1.165) is 41.1 Å². The fraction of sp³-hybridized carbons (Fsp3) is 0.391. The summed E-state index contributed by atoms with van der Waals surface area (Å²) in [5.74, 6) is 0.745. The second-order valence-electron chi connectivity index (χ2n) is 7.95. The summed E-state index contributed by atoms with van der Waals surface area (Å²) in [5, 5.41) is 0.893. The first-order valence-corrected chi connectivity index (χ1v) is 9.76. The van der Waals surface area contributed by atoms with Crippen molar-refractivity contribution in [2.75, 3.05) is 14.1 Å². The lowest BCUT2D eigenvalue weighted by molar-refractivity contribution is -0.124. The maximum atomic E-state index is 12.8. The van der Waals surface area contributed by atoms with Crippen molar-refractivity contribution >= 4 is 22.4 Å². The second kappa shape index (κ2) is 8.05. The Kier molecular flexibility index (Phi) is 5.73. The van der Waals surface area contributed by atoms with Gasteiger partial charge in [0.25, 0.3) is 5.56 Å². The minimum absolute atomic E-state index is 0.0208. The normalized spacial score (nSPS) is 14.8. The van der Waals surface area contributed by atoms with Crippen LogP contribution in [-0.2, 0) is 11.3 Å². The minimum atomic E-state index is -0.0208. The average molecular weight is 380 g/mol. The summed E-state index contributed by atoms with van der Waals surface area (Å²) in [5.41, 5.74) is 4.02. The van der Waals surface area contributed by atoms with Crippen molar-refractivity contribution in [1.29, 1.82) is 0 Å². The molecule has 3 rings (SSSR count). The summed E-state index contributed by atoms with van der Waals surface area (Å²) >= 11 is 0. The zero-order valence-electron chi connectivity index (χ0n) is 17.2. The Bertz CT molecular complexity index is 1030. The fourth-order valence-corrected chi connectivity index (χ4v) is 3.37. The quantitative estimate of drug-likeness (QED) is 0.583. The number of aryl methyl sites for hydroxylation is 2. The van der Waals surface area contributed by atoms with Crippen molar-refractivity contribution in [3.63, 3.8) is 0 Å². The molecule has 0 bridgehead atoms. The molecule has 0 spiro atoms. The monoisotopic (exact) mass is 379 g/mol. The zero-order chi connectivity index (χ0) is 20.4. The topological polar surface area (TPSA) is 58.1 Å². The van der Waals surface area contributed by atoms with Gasteiger partial charge >= 0.3 is 0 Å². The Morgan fingerprint density at radius 2 is 2.11 bits per heavy atom.